The van der Waals surface area contributed by atoms with E-state index in [0.717, 1.165) is 27.6 Å². The molecule has 4 heteroatoms. The third kappa shape index (κ3) is 2.70. The molecule has 0 unspecified atom stereocenters. The number of nitrogens with one attached hydrogen (secondary N) is 1. The Hall–Kier alpha value is -0.600. The molecule has 0 saturated heterocycles. The molecule has 0 aliphatic rings. The van der Waals surface area contributed by atoms with Gasteiger partial charge in [0.1, 0.15) is 5.75 Å². The maximum atomic E-state index is 6.16. The summed E-state index contributed by atoms with van der Waals surface area (Å²) >= 11 is 11.8. The molecule has 0 aliphatic heterocycles. The standard InChI is InChI=1S/C11H15Cl2NO/c1-7-6-9(15-3)11(14-5-4-12)8(2)10(7)13/h6,14H,4-5H2,1-3H3. The number of hydrogen-bond acceptors (Lipinski definition) is 2. The molecule has 2 nitrogen and oxygen atoms in total. The van der Waals surface area contributed by atoms with Crippen LogP contribution in [0.25, 0.3) is 0 Å². The maximum Gasteiger partial charge on any atom is 0.142 e. The first-order valence-corrected chi connectivity index (χ1v) is 5.66. The summed E-state index contributed by atoms with van der Waals surface area (Å²) in [6, 6.07) is 1.92. The quantitative estimate of drug-likeness (QED) is 0.822. The van der Waals surface area contributed by atoms with Gasteiger partial charge in [-0.05, 0) is 31.0 Å². The molecule has 1 N–H and O–H groups in total. The summed E-state index contributed by atoms with van der Waals surface area (Å²) in [4.78, 5) is 0. The van der Waals surface area contributed by atoms with Crippen LogP contribution in [0.2, 0.25) is 5.02 Å². The molecule has 0 aromatic heterocycles. The summed E-state index contributed by atoms with van der Waals surface area (Å²) < 4.78 is 5.29. The molecule has 15 heavy (non-hydrogen) atoms. The number of alkyl halides is 1. The second-order valence-electron chi connectivity index (χ2n) is 3.33. The zero-order valence-corrected chi connectivity index (χ0v) is 10.7. The van der Waals surface area contributed by atoms with E-state index in [1.54, 1.807) is 7.11 Å². The number of halogens is 2. The van der Waals surface area contributed by atoms with Crippen LogP contribution in [0.15, 0.2) is 6.07 Å². The summed E-state index contributed by atoms with van der Waals surface area (Å²) in [5.41, 5.74) is 2.94. The zero-order valence-electron chi connectivity index (χ0n) is 9.16. The minimum Gasteiger partial charge on any atom is -0.495 e. The molecule has 84 valence electrons. The van der Waals surface area contributed by atoms with E-state index in [1.807, 2.05) is 19.9 Å². The van der Waals surface area contributed by atoms with Crippen LogP contribution in [-0.2, 0) is 0 Å². The van der Waals surface area contributed by atoms with E-state index in [4.69, 9.17) is 27.9 Å². The second kappa shape index (κ2) is 5.47. The van der Waals surface area contributed by atoms with Gasteiger partial charge in [-0.2, -0.15) is 0 Å². The van der Waals surface area contributed by atoms with Crippen LogP contribution in [0.5, 0.6) is 5.75 Å². The number of ether oxygens (including phenoxy) is 1. The average Bonchev–Trinajstić information content (AvgIpc) is 2.24. The van der Waals surface area contributed by atoms with Gasteiger partial charge in [0.05, 0.1) is 12.8 Å². The van der Waals surface area contributed by atoms with E-state index >= 15 is 0 Å². The second-order valence-corrected chi connectivity index (χ2v) is 4.08. The summed E-state index contributed by atoms with van der Waals surface area (Å²) in [7, 11) is 1.65. The van der Waals surface area contributed by atoms with E-state index < -0.39 is 0 Å². The molecule has 0 spiro atoms. The van der Waals surface area contributed by atoms with Gasteiger partial charge in [-0.25, -0.2) is 0 Å². The fraction of sp³-hybridized carbons (Fsp3) is 0.455. The van der Waals surface area contributed by atoms with E-state index in [2.05, 4.69) is 5.32 Å². The van der Waals surface area contributed by atoms with Gasteiger partial charge in [0.25, 0.3) is 0 Å². The Labute approximate surface area is 101 Å². The predicted octanol–water partition coefficient (Wildman–Crippen LogP) is 3.62. The monoisotopic (exact) mass is 247 g/mol. The lowest BCUT2D eigenvalue weighted by Crippen LogP contribution is -2.06. The van der Waals surface area contributed by atoms with Gasteiger partial charge in [-0.15, -0.1) is 11.6 Å². The fourth-order valence-electron chi connectivity index (χ4n) is 1.48. The number of anilines is 1. The van der Waals surface area contributed by atoms with Gasteiger partial charge >= 0.3 is 0 Å². The number of benzene rings is 1. The maximum absolute atomic E-state index is 6.16. The lowest BCUT2D eigenvalue weighted by atomic mass is 10.1. The average molecular weight is 248 g/mol. The number of hydrogen-bond donors (Lipinski definition) is 1. The molecular formula is C11H15Cl2NO. The number of rotatable bonds is 4. The minimum absolute atomic E-state index is 0.550. The van der Waals surface area contributed by atoms with Crippen molar-refractivity contribution in [3.8, 4) is 5.75 Å². The van der Waals surface area contributed by atoms with E-state index in [0.29, 0.717) is 12.4 Å². The molecule has 0 heterocycles. The van der Waals surface area contributed by atoms with Crippen molar-refractivity contribution in [1.82, 2.24) is 0 Å². The van der Waals surface area contributed by atoms with Crippen molar-refractivity contribution in [2.75, 3.05) is 24.9 Å². The molecule has 0 radical (unpaired) electrons. The summed E-state index contributed by atoms with van der Waals surface area (Å²) in [5.74, 6) is 1.35. The zero-order chi connectivity index (χ0) is 11.4. The molecule has 0 bridgehead atoms. The highest BCUT2D eigenvalue weighted by atomic mass is 35.5. The Balaban J connectivity index is 3.15. The highest BCUT2D eigenvalue weighted by Crippen LogP contribution is 2.35. The molecular weight excluding hydrogens is 233 g/mol. The largest absolute Gasteiger partial charge is 0.495 e. The van der Waals surface area contributed by atoms with Crippen LogP contribution >= 0.6 is 23.2 Å². The summed E-state index contributed by atoms with van der Waals surface area (Å²) in [6.45, 7) is 4.62. The van der Waals surface area contributed by atoms with E-state index in [1.165, 1.54) is 0 Å². The van der Waals surface area contributed by atoms with Gasteiger partial charge < -0.3 is 10.1 Å². The first-order chi connectivity index (χ1) is 7.11. The van der Waals surface area contributed by atoms with Gasteiger partial charge in [0, 0.05) is 17.4 Å². The topological polar surface area (TPSA) is 21.3 Å². The predicted molar refractivity (Wildman–Crippen MR) is 66.7 cm³/mol. The molecule has 0 atom stereocenters. The SMILES string of the molecule is COc1cc(C)c(Cl)c(C)c1NCCCl. The number of methoxy groups -OCH3 is 1. The van der Waals surface area contributed by atoms with Crippen molar-refractivity contribution in [2.24, 2.45) is 0 Å². The van der Waals surface area contributed by atoms with Crippen molar-refractivity contribution in [3.63, 3.8) is 0 Å². The molecule has 1 rings (SSSR count). The molecule has 0 fully saturated rings. The van der Waals surface area contributed by atoms with Crippen LogP contribution in [0.1, 0.15) is 11.1 Å². The minimum atomic E-state index is 0.550. The summed E-state index contributed by atoms with van der Waals surface area (Å²) in [6.07, 6.45) is 0. The smallest absolute Gasteiger partial charge is 0.142 e. The van der Waals surface area contributed by atoms with Gasteiger partial charge in [-0.1, -0.05) is 11.6 Å². The van der Waals surface area contributed by atoms with Gasteiger partial charge in [0.2, 0.25) is 0 Å². The van der Waals surface area contributed by atoms with Crippen molar-refractivity contribution < 1.29 is 4.74 Å². The Morgan fingerprint density at radius 3 is 2.60 bits per heavy atom. The van der Waals surface area contributed by atoms with Crippen molar-refractivity contribution in [2.45, 2.75) is 13.8 Å². The normalized spacial score (nSPS) is 10.2. The lowest BCUT2D eigenvalue weighted by Gasteiger charge is -2.16. The molecule has 1 aromatic carbocycles. The van der Waals surface area contributed by atoms with Crippen LogP contribution in [0, 0.1) is 13.8 Å². The Morgan fingerprint density at radius 2 is 2.07 bits per heavy atom. The third-order valence-corrected chi connectivity index (χ3v) is 3.03. The van der Waals surface area contributed by atoms with E-state index in [9.17, 15) is 0 Å². The first kappa shape index (κ1) is 12.5. The van der Waals surface area contributed by atoms with E-state index in [-0.39, 0.29) is 0 Å². The highest BCUT2D eigenvalue weighted by molar-refractivity contribution is 6.32. The van der Waals surface area contributed by atoms with Crippen LogP contribution < -0.4 is 10.1 Å². The van der Waals surface area contributed by atoms with Gasteiger partial charge in [0.15, 0.2) is 0 Å². The van der Waals surface area contributed by atoms with Crippen molar-refractivity contribution in [1.29, 1.82) is 0 Å². The first-order valence-electron chi connectivity index (χ1n) is 4.75. The van der Waals surface area contributed by atoms with Gasteiger partial charge in [-0.3, -0.25) is 0 Å². The lowest BCUT2D eigenvalue weighted by molar-refractivity contribution is 0.416. The van der Waals surface area contributed by atoms with Crippen LogP contribution in [0.3, 0.4) is 0 Å². The molecule has 1 aromatic rings. The van der Waals surface area contributed by atoms with Crippen LogP contribution in [-0.4, -0.2) is 19.5 Å². The summed E-state index contributed by atoms with van der Waals surface area (Å²) in [5, 5.41) is 3.98. The van der Waals surface area contributed by atoms with Crippen LogP contribution in [0.4, 0.5) is 5.69 Å². The molecule has 0 aliphatic carbocycles. The Bertz CT molecular complexity index is 353. The number of aryl methyl sites for hydroxylation is 1. The Kier molecular flexibility index (Phi) is 4.55. The Morgan fingerprint density at radius 1 is 1.40 bits per heavy atom. The molecule has 0 saturated carbocycles. The van der Waals surface area contributed by atoms with Crippen molar-refractivity contribution >= 4 is 28.9 Å². The van der Waals surface area contributed by atoms with Crippen molar-refractivity contribution in [3.05, 3.63) is 22.2 Å². The highest BCUT2D eigenvalue weighted by Gasteiger charge is 2.11. The fourth-order valence-corrected chi connectivity index (χ4v) is 1.72. The third-order valence-electron chi connectivity index (χ3n) is 2.26. The molecule has 0 amide bonds.